The van der Waals surface area contributed by atoms with Crippen molar-refractivity contribution >= 4 is 42.4 Å². The van der Waals surface area contributed by atoms with Gasteiger partial charge in [-0.05, 0) is 40.1 Å². The van der Waals surface area contributed by atoms with Crippen molar-refractivity contribution in [3.8, 4) is 33.8 Å². The van der Waals surface area contributed by atoms with Crippen molar-refractivity contribution in [2.75, 3.05) is 0 Å². The molecular formula is C32H20N2S. The SMILES string of the molecule is c1ccc(-c2cccc(-c3nc(-c4ccccc4)nc4c3sc3cc5ccccc5cc34)c2)cc1. The Morgan fingerprint density at radius 2 is 1.11 bits per heavy atom. The Morgan fingerprint density at radius 1 is 0.486 bits per heavy atom. The number of rotatable bonds is 3. The Bertz CT molecular complexity index is 1840. The standard InChI is InChI=1S/C32H20N2S/c1-3-10-21(11-4-1)23-16-9-17-26(18-23)29-31-30(34-32(33-29)22-12-5-2-6-13-22)27-19-24-14-7-8-15-25(24)20-28(27)35-31/h1-20H. The Balaban J connectivity index is 1.54. The van der Waals surface area contributed by atoms with Gasteiger partial charge in [0.2, 0.25) is 0 Å². The zero-order chi connectivity index (χ0) is 23.2. The summed E-state index contributed by atoms with van der Waals surface area (Å²) in [4.78, 5) is 10.2. The molecule has 2 heterocycles. The predicted octanol–water partition coefficient (Wildman–Crippen LogP) is 9.00. The van der Waals surface area contributed by atoms with Crippen LogP contribution in [0, 0.1) is 0 Å². The van der Waals surface area contributed by atoms with Crippen LogP contribution >= 0.6 is 11.3 Å². The van der Waals surface area contributed by atoms with Crippen molar-refractivity contribution in [3.63, 3.8) is 0 Å². The van der Waals surface area contributed by atoms with Gasteiger partial charge in [0.15, 0.2) is 5.82 Å². The minimum atomic E-state index is 0.756. The molecule has 0 unspecified atom stereocenters. The van der Waals surface area contributed by atoms with E-state index in [1.54, 1.807) is 11.3 Å². The molecule has 7 aromatic rings. The monoisotopic (exact) mass is 464 g/mol. The van der Waals surface area contributed by atoms with Gasteiger partial charge in [-0.25, -0.2) is 9.97 Å². The maximum atomic E-state index is 5.14. The molecule has 0 saturated heterocycles. The molecule has 0 atom stereocenters. The second-order valence-corrected chi connectivity index (χ2v) is 9.74. The van der Waals surface area contributed by atoms with Crippen LogP contribution < -0.4 is 0 Å². The van der Waals surface area contributed by atoms with Crippen molar-refractivity contribution < 1.29 is 0 Å². The summed E-state index contributed by atoms with van der Waals surface area (Å²) in [6.45, 7) is 0. The van der Waals surface area contributed by atoms with Crippen molar-refractivity contribution in [2.45, 2.75) is 0 Å². The van der Waals surface area contributed by atoms with Crippen LogP contribution in [-0.2, 0) is 0 Å². The smallest absolute Gasteiger partial charge is 0.160 e. The first kappa shape index (κ1) is 20.1. The molecule has 2 aromatic heterocycles. The van der Waals surface area contributed by atoms with Gasteiger partial charge in [0, 0.05) is 21.2 Å². The van der Waals surface area contributed by atoms with E-state index in [9.17, 15) is 0 Å². The molecule has 7 rings (SSSR count). The Hall–Kier alpha value is -4.34. The molecule has 0 aliphatic rings. The summed E-state index contributed by atoms with van der Waals surface area (Å²) < 4.78 is 2.36. The van der Waals surface area contributed by atoms with Crippen LogP contribution in [-0.4, -0.2) is 9.97 Å². The molecule has 3 heteroatoms. The van der Waals surface area contributed by atoms with E-state index in [4.69, 9.17) is 9.97 Å². The Morgan fingerprint density at radius 3 is 1.89 bits per heavy atom. The fraction of sp³-hybridized carbons (Fsp3) is 0. The van der Waals surface area contributed by atoms with Crippen LogP contribution in [0.3, 0.4) is 0 Å². The summed E-state index contributed by atoms with van der Waals surface area (Å²) >= 11 is 1.78. The lowest BCUT2D eigenvalue weighted by Gasteiger charge is -2.09. The molecule has 0 aliphatic heterocycles. The van der Waals surface area contributed by atoms with E-state index < -0.39 is 0 Å². The van der Waals surface area contributed by atoms with Crippen LogP contribution in [0.1, 0.15) is 0 Å². The summed E-state index contributed by atoms with van der Waals surface area (Å²) in [7, 11) is 0. The van der Waals surface area contributed by atoms with Gasteiger partial charge in [0.25, 0.3) is 0 Å². The summed E-state index contributed by atoms with van der Waals surface area (Å²) in [5.41, 5.74) is 6.51. The summed E-state index contributed by atoms with van der Waals surface area (Å²) in [5, 5.41) is 3.66. The molecule has 0 amide bonds. The van der Waals surface area contributed by atoms with Gasteiger partial charge in [-0.2, -0.15) is 0 Å². The van der Waals surface area contributed by atoms with E-state index in [1.165, 1.54) is 32.0 Å². The fourth-order valence-electron chi connectivity index (χ4n) is 4.72. The van der Waals surface area contributed by atoms with Gasteiger partial charge >= 0.3 is 0 Å². The van der Waals surface area contributed by atoms with Gasteiger partial charge in [0.05, 0.1) is 15.9 Å². The molecule has 0 aliphatic carbocycles. The van der Waals surface area contributed by atoms with Crippen molar-refractivity contribution in [3.05, 3.63) is 121 Å². The first-order valence-electron chi connectivity index (χ1n) is 11.7. The highest BCUT2D eigenvalue weighted by atomic mass is 32.1. The highest BCUT2D eigenvalue weighted by Gasteiger charge is 2.17. The lowest BCUT2D eigenvalue weighted by molar-refractivity contribution is 1.24. The second kappa shape index (κ2) is 8.15. The Kier molecular flexibility index (Phi) is 4.68. The van der Waals surface area contributed by atoms with Crippen LogP contribution in [0.2, 0.25) is 0 Å². The maximum absolute atomic E-state index is 5.14. The number of fused-ring (bicyclic) bond motifs is 4. The molecular weight excluding hydrogens is 444 g/mol. The second-order valence-electron chi connectivity index (χ2n) is 8.68. The van der Waals surface area contributed by atoms with Gasteiger partial charge in [-0.1, -0.05) is 103 Å². The molecule has 2 nitrogen and oxygen atoms in total. The normalized spacial score (nSPS) is 11.4. The van der Waals surface area contributed by atoms with Gasteiger partial charge in [-0.15, -0.1) is 11.3 Å². The van der Waals surface area contributed by atoms with Gasteiger partial charge in [0.1, 0.15) is 0 Å². The fourth-order valence-corrected chi connectivity index (χ4v) is 5.90. The van der Waals surface area contributed by atoms with E-state index in [2.05, 4.69) is 103 Å². The number of hydrogen-bond acceptors (Lipinski definition) is 3. The molecule has 0 saturated carbocycles. The first-order chi connectivity index (χ1) is 17.3. The quantitative estimate of drug-likeness (QED) is 0.261. The summed E-state index contributed by atoms with van der Waals surface area (Å²) in [5.74, 6) is 0.756. The molecule has 0 N–H and O–H groups in total. The average molecular weight is 465 g/mol. The third kappa shape index (κ3) is 3.49. The highest BCUT2D eigenvalue weighted by Crippen LogP contribution is 2.41. The molecule has 0 bridgehead atoms. The number of nitrogens with zero attached hydrogens (tertiary/aromatic N) is 2. The third-order valence-electron chi connectivity index (χ3n) is 6.46. The van der Waals surface area contributed by atoms with Crippen LogP contribution in [0.25, 0.3) is 64.8 Å². The van der Waals surface area contributed by atoms with Crippen LogP contribution in [0.4, 0.5) is 0 Å². The first-order valence-corrected chi connectivity index (χ1v) is 12.5. The Labute approximate surface area is 207 Å². The lowest BCUT2D eigenvalue weighted by Crippen LogP contribution is -1.93. The molecule has 0 spiro atoms. The van der Waals surface area contributed by atoms with Crippen LogP contribution in [0.5, 0.6) is 0 Å². The molecule has 0 radical (unpaired) electrons. The molecule has 0 fully saturated rings. The molecule has 5 aromatic carbocycles. The van der Waals surface area contributed by atoms with E-state index in [-0.39, 0.29) is 0 Å². The number of aromatic nitrogens is 2. The third-order valence-corrected chi connectivity index (χ3v) is 7.60. The molecule has 164 valence electrons. The van der Waals surface area contributed by atoms with Crippen molar-refractivity contribution in [1.82, 2.24) is 9.97 Å². The minimum absolute atomic E-state index is 0.756. The van der Waals surface area contributed by atoms with E-state index in [1.807, 2.05) is 18.2 Å². The number of benzene rings is 5. The van der Waals surface area contributed by atoms with Crippen molar-refractivity contribution in [1.29, 1.82) is 0 Å². The minimum Gasteiger partial charge on any atom is -0.226 e. The van der Waals surface area contributed by atoms with Gasteiger partial charge in [-0.3, -0.25) is 0 Å². The van der Waals surface area contributed by atoms with Gasteiger partial charge < -0.3 is 0 Å². The number of thiophene rings is 1. The van der Waals surface area contributed by atoms with E-state index in [0.717, 1.165) is 32.9 Å². The topological polar surface area (TPSA) is 25.8 Å². The van der Waals surface area contributed by atoms with E-state index >= 15 is 0 Å². The highest BCUT2D eigenvalue weighted by molar-refractivity contribution is 7.26. The average Bonchev–Trinajstić information content (AvgIpc) is 3.29. The van der Waals surface area contributed by atoms with Crippen molar-refractivity contribution in [2.24, 2.45) is 0 Å². The largest absolute Gasteiger partial charge is 0.226 e. The predicted molar refractivity (Wildman–Crippen MR) is 149 cm³/mol. The zero-order valence-electron chi connectivity index (χ0n) is 18.8. The zero-order valence-corrected chi connectivity index (χ0v) is 19.7. The maximum Gasteiger partial charge on any atom is 0.160 e. The summed E-state index contributed by atoms with van der Waals surface area (Å²) in [6, 6.07) is 42.5. The lowest BCUT2D eigenvalue weighted by atomic mass is 10.0. The molecule has 35 heavy (non-hydrogen) atoms. The van der Waals surface area contributed by atoms with E-state index in [0.29, 0.717) is 0 Å². The summed E-state index contributed by atoms with van der Waals surface area (Å²) in [6.07, 6.45) is 0. The number of hydrogen-bond donors (Lipinski definition) is 0. The van der Waals surface area contributed by atoms with Crippen LogP contribution in [0.15, 0.2) is 121 Å².